The van der Waals surface area contributed by atoms with Crippen LogP contribution in [0.25, 0.3) is 0 Å². The van der Waals surface area contributed by atoms with Crippen molar-refractivity contribution in [1.82, 2.24) is 0 Å². The molecule has 0 aromatic heterocycles. The molecule has 0 nitrogen and oxygen atoms in total. The molecule has 2 fully saturated rings. The SMILES string of the molecule is ClC1(Cl)C[C@@H]2CC[C@@H]1C2. The smallest absolute Gasteiger partial charge is 0.101 e. The Hall–Kier alpha value is 0.580. The van der Waals surface area contributed by atoms with E-state index in [-0.39, 0.29) is 4.33 Å². The van der Waals surface area contributed by atoms with E-state index in [4.69, 9.17) is 23.2 Å². The molecule has 0 amide bonds. The maximum atomic E-state index is 6.03. The minimum absolute atomic E-state index is 0.344. The Morgan fingerprint density at radius 2 is 2.00 bits per heavy atom. The zero-order chi connectivity index (χ0) is 6.48. The van der Waals surface area contributed by atoms with Crippen LogP contribution in [-0.4, -0.2) is 4.33 Å². The first kappa shape index (κ1) is 6.30. The second kappa shape index (κ2) is 1.79. The molecular formula is C7H10Cl2. The van der Waals surface area contributed by atoms with E-state index in [2.05, 4.69) is 0 Å². The van der Waals surface area contributed by atoms with Crippen molar-refractivity contribution in [2.45, 2.75) is 30.0 Å². The van der Waals surface area contributed by atoms with Gasteiger partial charge in [-0.2, -0.15) is 0 Å². The van der Waals surface area contributed by atoms with Crippen molar-refractivity contribution in [3.8, 4) is 0 Å². The fraction of sp³-hybridized carbons (Fsp3) is 1.00. The summed E-state index contributed by atoms with van der Waals surface area (Å²) in [7, 11) is 0. The Labute approximate surface area is 65.5 Å². The van der Waals surface area contributed by atoms with Crippen LogP contribution in [0.5, 0.6) is 0 Å². The minimum atomic E-state index is -0.344. The van der Waals surface area contributed by atoms with E-state index in [0.29, 0.717) is 5.92 Å². The monoisotopic (exact) mass is 164 g/mol. The van der Waals surface area contributed by atoms with Gasteiger partial charge in [-0.05, 0) is 37.5 Å². The van der Waals surface area contributed by atoms with E-state index in [1.54, 1.807) is 0 Å². The average molecular weight is 165 g/mol. The van der Waals surface area contributed by atoms with Crippen LogP contribution >= 0.6 is 23.2 Å². The highest BCUT2D eigenvalue weighted by Crippen LogP contribution is 2.56. The highest BCUT2D eigenvalue weighted by molar-refractivity contribution is 6.48. The number of hydrogen-bond donors (Lipinski definition) is 0. The summed E-state index contributed by atoms with van der Waals surface area (Å²) in [6.07, 6.45) is 4.96. The van der Waals surface area contributed by atoms with Crippen LogP contribution < -0.4 is 0 Å². The summed E-state index contributed by atoms with van der Waals surface area (Å²) in [5.74, 6) is 1.47. The fourth-order valence-corrected chi connectivity index (χ4v) is 3.03. The zero-order valence-electron chi connectivity index (χ0n) is 5.24. The van der Waals surface area contributed by atoms with Gasteiger partial charge in [-0.15, -0.1) is 23.2 Å². The molecule has 2 aliphatic carbocycles. The Morgan fingerprint density at radius 3 is 2.22 bits per heavy atom. The van der Waals surface area contributed by atoms with Crippen molar-refractivity contribution in [2.24, 2.45) is 11.8 Å². The average Bonchev–Trinajstić information content (AvgIpc) is 2.19. The first-order chi connectivity index (χ1) is 4.18. The zero-order valence-corrected chi connectivity index (χ0v) is 6.75. The Morgan fingerprint density at radius 1 is 1.22 bits per heavy atom. The quantitative estimate of drug-likeness (QED) is 0.484. The van der Waals surface area contributed by atoms with Crippen LogP contribution in [0.3, 0.4) is 0 Å². The molecule has 0 aliphatic heterocycles. The molecule has 0 aromatic carbocycles. The fourth-order valence-electron chi connectivity index (χ4n) is 2.20. The van der Waals surface area contributed by atoms with E-state index < -0.39 is 0 Å². The molecular weight excluding hydrogens is 155 g/mol. The third-order valence-corrected chi connectivity index (χ3v) is 3.63. The molecule has 0 N–H and O–H groups in total. The summed E-state index contributed by atoms with van der Waals surface area (Å²) in [5, 5.41) is 0. The Balaban J connectivity index is 2.18. The maximum absolute atomic E-state index is 6.03. The van der Waals surface area contributed by atoms with Gasteiger partial charge in [-0.1, -0.05) is 0 Å². The van der Waals surface area contributed by atoms with Crippen molar-refractivity contribution in [2.75, 3.05) is 0 Å². The lowest BCUT2D eigenvalue weighted by atomic mass is 10.00. The number of halogens is 2. The lowest BCUT2D eigenvalue weighted by Crippen LogP contribution is -2.20. The minimum Gasteiger partial charge on any atom is -0.101 e. The second-order valence-corrected chi connectivity index (χ2v) is 4.88. The van der Waals surface area contributed by atoms with Gasteiger partial charge in [0.1, 0.15) is 4.33 Å². The summed E-state index contributed by atoms with van der Waals surface area (Å²) < 4.78 is -0.344. The summed E-state index contributed by atoms with van der Waals surface area (Å²) in [6.45, 7) is 0. The van der Waals surface area contributed by atoms with E-state index in [1.165, 1.54) is 19.3 Å². The van der Waals surface area contributed by atoms with Gasteiger partial charge >= 0.3 is 0 Å². The summed E-state index contributed by atoms with van der Waals surface area (Å²) in [6, 6.07) is 0. The molecule has 2 bridgehead atoms. The van der Waals surface area contributed by atoms with Gasteiger partial charge in [-0.25, -0.2) is 0 Å². The molecule has 2 rings (SSSR count). The van der Waals surface area contributed by atoms with Crippen molar-refractivity contribution >= 4 is 23.2 Å². The van der Waals surface area contributed by atoms with E-state index in [9.17, 15) is 0 Å². The van der Waals surface area contributed by atoms with Gasteiger partial charge in [-0.3, -0.25) is 0 Å². The Kier molecular flexibility index (Phi) is 1.26. The Bertz CT molecular complexity index is 131. The van der Waals surface area contributed by atoms with E-state index >= 15 is 0 Å². The third-order valence-electron chi connectivity index (χ3n) is 2.70. The number of rotatable bonds is 0. The first-order valence-electron chi connectivity index (χ1n) is 3.56. The van der Waals surface area contributed by atoms with Crippen LogP contribution in [0.4, 0.5) is 0 Å². The summed E-state index contributed by atoms with van der Waals surface area (Å²) >= 11 is 12.1. The van der Waals surface area contributed by atoms with Crippen molar-refractivity contribution < 1.29 is 0 Å². The standard InChI is InChI=1S/C7H10Cl2/c8-7(9)4-5-1-2-6(7)3-5/h5-6H,1-4H2/t5-,6-/m1/s1. The van der Waals surface area contributed by atoms with Gasteiger partial charge in [0, 0.05) is 0 Å². The van der Waals surface area contributed by atoms with Crippen LogP contribution in [0.15, 0.2) is 0 Å². The molecule has 2 heteroatoms. The topological polar surface area (TPSA) is 0 Å². The van der Waals surface area contributed by atoms with Crippen LogP contribution in [-0.2, 0) is 0 Å². The third kappa shape index (κ3) is 0.877. The van der Waals surface area contributed by atoms with Gasteiger partial charge in [0.15, 0.2) is 0 Å². The van der Waals surface area contributed by atoms with Gasteiger partial charge in [0.25, 0.3) is 0 Å². The van der Waals surface area contributed by atoms with Gasteiger partial charge in [0.05, 0.1) is 0 Å². The van der Waals surface area contributed by atoms with Crippen LogP contribution in [0, 0.1) is 11.8 Å². The van der Waals surface area contributed by atoms with Gasteiger partial charge < -0.3 is 0 Å². The lowest BCUT2D eigenvalue weighted by molar-refractivity contribution is 0.455. The summed E-state index contributed by atoms with van der Waals surface area (Å²) in [4.78, 5) is 0. The number of alkyl halides is 2. The molecule has 0 saturated heterocycles. The molecule has 2 saturated carbocycles. The van der Waals surface area contributed by atoms with E-state index in [0.717, 1.165) is 12.3 Å². The molecule has 0 spiro atoms. The first-order valence-corrected chi connectivity index (χ1v) is 4.32. The highest BCUT2D eigenvalue weighted by Gasteiger charge is 2.48. The summed E-state index contributed by atoms with van der Waals surface area (Å²) in [5.41, 5.74) is 0. The van der Waals surface area contributed by atoms with Gasteiger partial charge in [0.2, 0.25) is 0 Å². The molecule has 2 atom stereocenters. The molecule has 0 aromatic rings. The maximum Gasteiger partial charge on any atom is 0.121 e. The van der Waals surface area contributed by atoms with Crippen molar-refractivity contribution in [1.29, 1.82) is 0 Å². The molecule has 2 aliphatic rings. The molecule has 0 heterocycles. The van der Waals surface area contributed by atoms with Crippen LogP contribution in [0.1, 0.15) is 25.7 Å². The number of hydrogen-bond acceptors (Lipinski definition) is 0. The lowest BCUT2D eigenvalue weighted by Gasteiger charge is -2.23. The van der Waals surface area contributed by atoms with Crippen molar-refractivity contribution in [3.63, 3.8) is 0 Å². The number of fused-ring (bicyclic) bond motifs is 2. The highest BCUT2D eigenvalue weighted by atomic mass is 35.5. The molecule has 52 valence electrons. The van der Waals surface area contributed by atoms with Crippen molar-refractivity contribution in [3.05, 3.63) is 0 Å². The normalized spacial score (nSPS) is 46.0. The van der Waals surface area contributed by atoms with E-state index in [1.807, 2.05) is 0 Å². The molecule has 0 unspecified atom stereocenters. The second-order valence-electron chi connectivity index (χ2n) is 3.34. The molecule has 9 heavy (non-hydrogen) atoms. The molecule has 0 radical (unpaired) electrons. The van der Waals surface area contributed by atoms with Crippen LogP contribution in [0.2, 0.25) is 0 Å². The predicted octanol–water partition coefficient (Wildman–Crippen LogP) is 2.98. The predicted molar refractivity (Wildman–Crippen MR) is 39.9 cm³/mol. The largest absolute Gasteiger partial charge is 0.121 e.